The number of carbonyl (C=O) groups excluding carboxylic acids is 2. The Kier molecular flexibility index (Phi) is 7.97. The van der Waals surface area contributed by atoms with Crippen molar-refractivity contribution in [2.24, 2.45) is 0 Å². The van der Waals surface area contributed by atoms with E-state index < -0.39 is 54.0 Å². The minimum atomic E-state index is -2.75. The topological polar surface area (TPSA) is 191 Å². The Hall–Kier alpha value is -4.35. The number of phenols is 3. The first-order valence-electron chi connectivity index (χ1n) is 10.7. The molecule has 3 rings (SSSR count). The standard InChI is InChI=1S/C25H24O11/c26-16-6-1-14(2-7-16)4-9-22(30)36-20-12-17(13-25(34,23(20)31)24(32)33)35-21(29)10-5-15-3-8-18(27)19(28)11-15/h1-11,17,20,23,26-28,31,34H,12-13H2,(H,32,33)/b9-4+,10-5+/t17-,20-,23+,25-/m1/s1. The highest BCUT2D eigenvalue weighted by atomic mass is 16.6. The van der Waals surface area contributed by atoms with E-state index in [9.17, 15) is 45.0 Å². The summed E-state index contributed by atoms with van der Waals surface area (Å²) >= 11 is 0. The van der Waals surface area contributed by atoms with E-state index in [1.165, 1.54) is 54.6 Å². The van der Waals surface area contributed by atoms with Gasteiger partial charge in [0.15, 0.2) is 17.1 Å². The van der Waals surface area contributed by atoms with Gasteiger partial charge in [-0.2, -0.15) is 0 Å². The van der Waals surface area contributed by atoms with Crippen LogP contribution in [0.4, 0.5) is 0 Å². The van der Waals surface area contributed by atoms with Crippen LogP contribution in [0.1, 0.15) is 24.0 Å². The van der Waals surface area contributed by atoms with Crippen molar-refractivity contribution in [1.82, 2.24) is 0 Å². The number of phenolic OH excluding ortho intramolecular Hbond substituents is 3. The highest BCUT2D eigenvalue weighted by Crippen LogP contribution is 2.33. The highest BCUT2D eigenvalue weighted by molar-refractivity contribution is 5.88. The molecule has 11 nitrogen and oxygen atoms in total. The van der Waals surface area contributed by atoms with Gasteiger partial charge in [-0.3, -0.25) is 0 Å². The van der Waals surface area contributed by atoms with Crippen molar-refractivity contribution in [1.29, 1.82) is 0 Å². The molecule has 1 fully saturated rings. The number of esters is 2. The summed E-state index contributed by atoms with van der Waals surface area (Å²) in [6.07, 6.45) is -1.02. The normalized spacial score (nSPS) is 24.0. The molecular weight excluding hydrogens is 476 g/mol. The monoisotopic (exact) mass is 500 g/mol. The van der Waals surface area contributed by atoms with E-state index in [1.807, 2.05) is 0 Å². The summed E-state index contributed by atoms with van der Waals surface area (Å²) in [6, 6.07) is 9.69. The number of aliphatic hydroxyl groups is 2. The number of hydrogen-bond donors (Lipinski definition) is 6. The van der Waals surface area contributed by atoms with Crippen molar-refractivity contribution in [3.8, 4) is 17.2 Å². The summed E-state index contributed by atoms with van der Waals surface area (Å²) in [6.45, 7) is 0. The van der Waals surface area contributed by atoms with E-state index in [4.69, 9.17) is 9.47 Å². The number of ether oxygens (including phenoxy) is 2. The number of carboxylic acid groups (broad SMARTS) is 1. The molecule has 1 saturated carbocycles. The molecule has 6 N–H and O–H groups in total. The molecule has 190 valence electrons. The maximum atomic E-state index is 12.3. The van der Waals surface area contributed by atoms with E-state index >= 15 is 0 Å². The third-order valence-corrected chi connectivity index (χ3v) is 5.51. The van der Waals surface area contributed by atoms with Crippen molar-refractivity contribution < 1.29 is 54.5 Å². The number of carbonyl (C=O) groups is 3. The van der Waals surface area contributed by atoms with Crippen molar-refractivity contribution >= 4 is 30.1 Å². The molecule has 0 unspecified atom stereocenters. The number of aliphatic hydroxyl groups excluding tert-OH is 1. The van der Waals surface area contributed by atoms with Crippen LogP contribution in [0.3, 0.4) is 0 Å². The first-order chi connectivity index (χ1) is 17.0. The highest BCUT2D eigenvalue weighted by Gasteiger charge is 2.55. The van der Waals surface area contributed by atoms with Gasteiger partial charge in [0.1, 0.15) is 24.1 Å². The molecule has 1 aliphatic rings. The Morgan fingerprint density at radius 3 is 2.06 bits per heavy atom. The van der Waals surface area contributed by atoms with Crippen LogP contribution in [0.15, 0.2) is 54.6 Å². The number of aromatic hydroxyl groups is 3. The second-order valence-corrected chi connectivity index (χ2v) is 8.15. The van der Waals surface area contributed by atoms with Crippen LogP contribution in [-0.2, 0) is 23.9 Å². The van der Waals surface area contributed by atoms with Gasteiger partial charge in [-0.05, 0) is 47.5 Å². The average Bonchev–Trinajstić information content (AvgIpc) is 2.82. The maximum absolute atomic E-state index is 12.3. The lowest BCUT2D eigenvalue weighted by molar-refractivity contribution is -0.213. The van der Waals surface area contributed by atoms with Crippen LogP contribution in [0.5, 0.6) is 17.2 Å². The van der Waals surface area contributed by atoms with Crippen molar-refractivity contribution in [2.75, 3.05) is 0 Å². The lowest BCUT2D eigenvalue weighted by atomic mass is 9.78. The van der Waals surface area contributed by atoms with Crippen molar-refractivity contribution in [3.05, 3.63) is 65.7 Å². The molecule has 4 atom stereocenters. The molecule has 0 aliphatic heterocycles. The quantitative estimate of drug-likeness (QED) is 0.183. The molecule has 0 heterocycles. The number of rotatable bonds is 7. The second kappa shape index (κ2) is 10.9. The van der Waals surface area contributed by atoms with Crippen molar-refractivity contribution in [2.45, 2.75) is 36.8 Å². The van der Waals surface area contributed by atoms with Gasteiger partial charge in [0.25, 0.3) is 0 Å². The van der Waals surface area contributed by atoms with Crippen LogP contribution in [0, 0.1) is 0 Å². The molecule has 0 radical (unpaired) electrons. The van der Waals surface area contributed by atoms with Gasteiger partial charge in [-0.1, -0.05) is 18.2 Å². The van der Waals surface area contributed by atoms with Crippen LogP contribution in [0.2, 0.25) is 0 Å². The summed E-state index contributed by atoms with van der Waals surface area (Å²) in [4.78, 5) is 36.2. The molecular formula is C25H24O11. The Labute approximate surface area is 204 Å². The Morgan fingerprint density at radius 2 is 1.44 bits per heavy atom. The van der Waals surface area contributed by atoms with Gasteiger partial charge in [0.2, 0.25) is 0 Å². The minimum Gasteiger partial charge on any atom is -0.508 e. The van der Waals surface area contributed by atoms with Crippen LogP contribution < -0.4 is 0 Å². The van der Waals surface area contributed by atoms with E-state index in [1.54, 1.807) is 0 Å². The molecule has 0 aromatic heterocycles. The summed E-state index contributed by atoms with van der Waals surface area (Å²) in [5.74, 6) is -4.37. The zero-order valence-electron chi connectivity index (χ0n) is 18.7. The van der Waals surface area contributed by atoms with Gasteiger partial charge in [0.05, 0.1) is 0 Å². The molecule has 0 bridgehead atoms. The van der Waals surface area contributed by atoms with Gasteiger partial charge < -0.3 is 40.1 Å². The maximum Gasteiger partial charge on any atom is 0.338 e. The van der Waals surface area contributed by atoms with Crippen LogP contribution in [-0.4, -0.2) is 72.5 Å². The van der Waals surface area contributed by atoms with E-state index in [0.29, 0.717) is 11.1 Å². The van der Waals surface area contributed by atoms with Crippen LogP contribution in [0.25, 0.3) is 12.2 Å². The third-order valence-electron chi connectivity index (χ3n) is 5.51. The molecule has 2 aromatic carbocycles. The SMILES string of the molecule is O=C(/C=C/c1ccc(O)c(O)c1)O[C@@H]1C[C@@H](OC(=O)/C=C/c2ccc(O)cc2)[C@H](O)[C@@](O)(C(=O)O)C1. The first kappa shape index (κ1) is 26.3. The minimum absolute atomic E-state index is 0.0321. The molecule has 36 heavy (non-hydrogen) atoms. The average molecular weight is 500 g/mol. The summed E-state index contributed by atoms with van der Waals surface area (Å²) < 4.78 is 10.4. The largest absolute Gasteiger partial charge is 0.508 e. The fourth-order valence-corrected chi connectivity index (χ4v) is 3.61. The number of carboxylic acids is 1. The Morgan fingerprint density at radius 1 is 0.861 bits per heavy atom. The fraction of sp³-hybridized carbons (Fsp3) is 0.240. The molecule has 0 amide bonds. The fourth-order valence-electron chi connectivity index (χ4n) is 3.61. The molecule has 2 aromatic rings. The predicted molar refractivity (Wildman–Crippen MR) is 124 cm³/mol. The van der Waals surface area contributed by atoms with Gasteiger partial charge >= 0.3 is 17.9 Å². The van der Waals surface area contributed by atoms with Crippen LogP contribution >= 0.6 is 0 Å². The zero-order chi connectivity index (χ0) is 26.5. The second-order valence-electron chi connectivity index (χ2n) is 8.15. The molecule has 0 saturated heterocycles. The van der Waals surface area contributed by atoms with Gasteiger partial charge in [-0.15, -0.1) is 0 Å². The number of aliphatic carboxylic acids is 1. The lowest BCUT2D eigenvalue weighted by Crippen LogP contribution is -2.61. The summed E-state index contributed by atoms with van der Waals surface area (Å²) in [7, 11) is 0. The third kappa shape index (κ3) is 6.40. The van der Waals surface area contributed by atoms with E-state index in [2.05, 4.69) is 0 Å². The number of hydrogen-bond acceptors (Lipinski definition) is 10. The molecule has 1 aliphatic carbocycles. The Bertz CT molecular complexity index is 1180. The predicted octanol–water partition coefficient (Wildman–Crippen LogP) is 1.32. The smallest absolute Gasteiger partial charge is 0.338 e. The molecule has 11 heteroatoms. The first-order valence-corrected chi connectivity index (χ1v) is 10.7. The van der Waals surface area contributed by atoms with E-state index in [-0.39, 0.29) is 17.9 Å². The summed E-state index contributed by atoms with van der Waals surface area (Å²) in [5.41, 5.74) is -1.84. The van der Waals surface area contributed by atoms with Crippen molar-refractivity contribution in [3.63, 3.8) is 0 Å². The zero-order valence-corrected chi connectivity index (χ0v) is 18.7. The Balaban J connectivity index is 1.69. The number of benzene rings is 2. The van der Waals surface area contributed by atoms with Gasteiger partial charge in [-0.25, -0.2) is 14.4 Å². The van der Waals surface area contributed by atoms with Gasteiger partial charge in [0, 0.05) is 25.0 Å². The summed E-state index contributed by atoms with van der Waals surface area (Å²) in [5, 5.41) is 58.6. The molecule has 0 spiro atoms. The van der Waals surface area contributed by atoms with E-state index in [0.717, 1.165) is 12.2 Å². The lowest BCUT2D eigenvalue weighted by Gasteiger charge is -2.41.